The van der Waals surface area contributed by atoms with E-state index in [1.807, 2.05) is 25.1 Å². The highest BCUT2D eigenvalue weighted by atomic mass is 16.1. The molecule has 0 aliphatic carbocycles. The van der Waals surface area contributed by atoms with E-state index in [-0.39, 0.29) is 5.91 Å². The third-order valence-corrected chi connectivity index (χ3v) is 4.06. The number of amides is 1. The number of aryl methyl sites for hydroxylation is 1. The van der Waals surface area contributed by atoms with Gasteiger partial charge in [0, 0.05) is 24.3 Å². The summed E-state index contributed by atoms with van der Waals surface area (Å²) in [6, 6.07) is 5.56. The summed E-state index contributed by atoms with van der Waals surface area (Å²) in [5.74, 6) is 0.911. The minimum Gasteiger partial charge on any atom is -0.399 e. The Labute approximate surface area is 121 Å². The van der Waals surface area contributed by atoms with Crippen molar-refractivity contribution in [3.63, 3.8) is 0 Å². The lowest BCUT2D eigenvalue weighted by molar-refractivity contribution is -0.116. The number of anilines is 2. The molecule has 1 amide bonds. The van der Waals surface area contributed by atoms with Crippen LogP contribution in [-0.2, 0) is 4.79 Å². The number of likely N-dealkylation sites (tertiary alicyclic amines) is 1. The van der Waals surface area contributed by atoms with E-state index in [9.17, 15) is 4.79 Å². The summed E-state index contributed by atoms with van der Waals surface area (Å²) < 4.78 is 0. The average molecular weight is 275 g/mol. The summed E-state index contributed by atoms with van der Waals surface area (Å²) in [6.45, 7) is 7.35. The van der Waals surface area contributed by atoms with Gasteiger partial charge < -0.3 is 16.0 Å². The molecule has 0 unspecified atom stereocenters. The van der Waals surface area contributed by atoms with Crippen LogP contribution in [-0.4, -0.2) is 30.4 Å². The first-order valence-electron chi connectivity index (χ1n) is 7.43. The average Bonchev–Trinajstić information content (AvgIpc) is 2.41. The van der Waals surface area contributed by atoms with Crippen LogP contribution in [0.1, 0.15) is 31.7 Å². The molecule has 4 nitrogen and oxygen atoms in total. The van der Waals surface area contributed by atoms with Gasteiger partial charge in [-0.25, -0.2) is 0 Å². The number of nitrogens with zero attached hydrogens (tertiary/aromatic N) is 1. The molecule has 3 N–H and O–H groups in total. The monoisotopic (exact) mass is 275 g/mol. The Hall–Kier alpha value is -1.55. The minimum absolute atomic E-state index is 0.0801. The Kier molecular flexibility index (Phi) is 5.01. The molecular formula is C16H25N3O. The highest BCUT2D eigenvalue weighted by Gasteiger charge is 2.16. The lowest BCUT2D eigenvalue weighted by Gasteiger charge is -2.29. The molecule has 0 atom stereocenters. The Morgan fingerprint density at radius 2 is 2.10 bits per heavy atom. The van der Waals surface area contributed by atoms with Crippen molar-refractivity contribution in [2.24, 2.45) is 5.92 Å². The smallest absolute Gasteiger partial charge is 0.225 e. The fourth-order valence-corrected chi connectivity index (χ4v) is 2.59. The quantitative estimate of drug-likeness (QED) is 0.831. The number of nitrogens with one attached hydrogen (secondary N) is 1. The summed E-state index contributed by atoms with van der Waals surface area (Å²) in [5, 5.41) is 2.96. The zero-order chi connectivity index (χ0) is 14.5. The van der Waals surface area contributed by atoms with Crippen molar-refractivity contribution in [1.82, 2.24) is 4.90 Å². The van der Waals surface area contributed by atoms with E-state index in [1.54, 1.807) is 0 Å². The van der Waals surface area contributed by atoms with Crippen molar-refractivity contribution in [1.29, 1.82) is 0 Å². The number of nitrogens with two attached hydrogens (primary N) is 1. The van der Waals surface area contributed by atoms with Gasteiger partial charge in [0.05, 0.1) is 0 Å². The summed E-state index contributed by atoms with van der Waals surface area (Å²) in [6.07, 6.45) is 3.05. The molecule has 1 aromatic carbocycles. The van der Waals surface area contributed by atoms with Gasteiger partial charge in [-0.15, -0.1) is 0 Å². The van der Waals surface area contributed by atoms with Gasteiger partial charge in [-0.05, 0) is 62.5 Å². The molecule has 1 fully saturated rings. The van der Waals surface area contributed by atoms with E-state index >= 15 is 0 Å². The SMILES string of the molecule is Cc1cc(N)ccc1NC(=O)CCN1CCC(C)CC1. The number of benzene rings is 1. The predicted octanol–water partition coefficient (Wildman–Crippen LogP) is 2.64. The Balaban J connectivity index is 1.78. The molecule has 1 saturated heterocycles. The van der Waals surface area contributed by atoms with E-state index in [1.165, 1.54) is 12.8 Å². The summed E-state index contributed by atoms with van der Waals surface area (Å²) in [7, 11) is 0. The molecular weight excluding hydrogens is 250 g/mol. The Morgan fingerprint density at radius 3 is 2.75 bits per heavy atom. The third-order valence-electron chi connectivity index (χ3n) is 4.06. The molecule has 1 aromatic rings. The first-order chi connectivity index (χ1) is 9.54. The van der Waals surface area contributed by atoms with E-state index in [0.29, 0.717) is 6.42 Å². The number of carbonyl (C=O) groups excluding carboxylic acids is 1. The van der Waals surface area contributed by atoms with Gasteiger partial charge in [0.1, 0.15) is 0 Å². The van der Waals surface area contributed by atoms with Crippen LogP contribution in [0.3, 0.4) is 0 Å². The molecule has 0 bridgehead atoms. The van der Waals surface area contributed by atoms with Gasteiger partial charge in [-0.2, -0.15) is 0 Å². The number of piperidine rings is 1. The summed E-state index contributed by atoms with van der Waals surface area (Å²) in [4.78, 5) is 14.4. The van der Waals surface area contributed by atoms with E-state index in [2.05, 4.69) is 17.1 Å². The van der Waals surface area contributed by atoms with Crippen LogP contribution in [0.25, 0.3) is 0 Å². The van der Waals surface area contributed by atoms with Gasteiger partial charge in [-0.1, -0.05) is 6.92 Å². The molecule has 110 valence electrons. The topological polar surface area (TPSA) is 58.4 Å². The third kappa shape index (κ3) is 4.23. The number of hydrogen-bond acceptors (Lipinski definition) is 3. The second-order valence-corrected chi connectivity index (χ2v) is 5.90. The lowest BCUT2D eigenvalue weighted by atomic mass is 9.99. The zero-order valence-electron chi connectivity index (χ0n) is 12.5. The van der Waals surface area contributed by atoms with Crippen molar-refractivity contribution < 1.29 is 4.79 Å². The first-order valence-corrected chi connectivity index (χ1v) is 7.43. The lowest BCUT2D eigenvalue weighted by Crippen LogP contribution is -2.35. The van der Waals surface area contributed by atoms with Crippen LogP contribution in [0.15, 0.2) is 18.2 Å². The molecule has 20 heavy (non-hydrogen) atoms. The number of nitrogen functional groups attached to an aromatic ring is 1. The van der Waals surface area contributed by atoms with Gasteiger partial charge in [0.15, 0.2) is 0 Å². The van der Waals surface area contributed by atoms with Crippen molar-refractivity contribution in [2.75, 3.05) is 30.7 Å². The summed E-state index contributed by atoms with van der Waals surface area (Å²) in [5.41, 5.74) is 8.29. The molecule has 0 spiro atoms. The number of hydrogen-bond donors (Lipinski definition) is 2. The van der Waals surface area contributed by atoms with Crippen LogP contribution >= 0.6 is 0 Å². The van der Waals surface area contributed by atoms with Crippen LogP contribution in [0, 0.1) is 12.8 Å². The highest BCUT2D eigenvalue weighted by molar-refractivity contribution is 5.91. The normalized spacial score (nSPS) is 17.1. The standard InChI is InChI=1S/C16H25N3O/c1-12-5-8-19(9-6-12)10-7-16(20)18-15-4-3-14(17)11-13(15)2/h3-4,11-12H,5-10,17H2,1-2H3,(H,18,20). The second kappa shape index (κ2) is 6.75. The predicted molar refractivity (Wildman–Crippen MR) is 83.7 cm³/mol. The number of rotatable bonds is 4. The van der Waals surface area contributed by atoms with E-state index < -0.39 is 0 Å². The zero-order valence-corrected chi connectivity index (χ0v) is 12.5. The molecule has 1 aliphatic heterocycles. The van der Waals surface area contributed by atoms with Crippen LogP contribution in [0.4, 0.5) is 11.4 Å². The molecule has 0 saturated carbocycles. The molecule has 1 heterocycles. The Morgan fingerprint density at radius 1 is 1.40 bits per heavy atom. The first kappa shape index (κ1) is 14.9. The van der Waals surface area contributed by atoms with Gasteiger partial charge >= 0.3 is 0 Å². The molecule has 0 radical (unpaired) electrons. The molecule has 1 aliphatic rings. The van der Waals surface area contributed by atoms with Crippen molar-refractivity contribution >= 4 is 17.3 Å². The van der Waals surface area contributed by atoms with E-state index in [4.69, 9.17) is 5.73 Å². The van der Waals surface area contributed by atoms with Gasteiger partial charge in [0.2, 0.25) is 5.91 Å². The molecule has 2 rings (SSSR count). The highest BCUT2D eigenvalue weighted by Crippen LogP contribution is 2.18. The Bertz CT molecular complexity index is 465. The van der Waals surface area contributed by atoms with Crippen LogP contribution in [0.2, 0.25) is 0 Å². The maximum atomic E-state index is 12.0. The van der Waals surface area contributed by atoms with Gasteiger partial charge in [0.25, 0.3) is 0 Å². The maximum absolute atomic E-state index is 12.0. The van der Waals surface area contributed by atoms with Crippen LogP contribution in [0.5, 0.6) is 0 Å². The van der Waals surface area contributed by atoms with Crippen molar-refractivity contribution in [3.8, 4) is 0 Å². The maximum Gasteiger partial charge on any atom is 0.225 e. The fourth-order valence-electron chi connectivity index (χ4n) is 2.59. The molecule has 4 heteroatoms. The van der Waals surface area contributed by atoms with Crippen molar-refractivity contribution in [2.45, 2.75) is 33.1 Å². The second-order valence-electron chi connectivity index (χ2n) is 5.90. The van der Waals surface area contributed by atoms with Gasteiger partial charge in [-0.3, -0.25) is 4.79 Å². The van der Waals surface area contributed by atoms with E-state index in [0.717, 1.165) is 42.5 Å². The minimum atomic E-state index is 0.0801. The number of carbonyl (C=O) groups is 1. The van der Waals surface area contributed by atoms with Crippen LogP contribution < -0.4 is 11.1 Å². The van der Waals surface area contributed by atoms with Crippen molar-refractivity contribution in [3.05, 3.63) is 23.8 Å². The fraction of sp³-hybridized carbons (Fsp3) is 0.562. The summed E-state index contributed by atoms with van der Waals surface area (Å²) >= 11 is 0. The molecule has 0 aromatic heterocycles. The largest absolute Gasteiger partial charge is 0.399 e.